The molecule has 84 valence electrons. The molecule has 0 atom stereocenters. The highest BCUT2D eigenvalue weighted by Crippen LogP contribution is 2.33. The van der Waals surface area contributed by atoms with Gasteiger partial charge in [-0.15, -0.1) is 0 Å². The van der Waals surface area contributed by atoms with Gasteiger partial charge in [0.15, 0.2) is 0 Å². The van der Waals surface area contributed by atoms with E-state index in [1.54, 1.807) is 0 Å². The van der Waals surface area contributed by atoms with Gasteiger partial charge in [-0.05, 0) is 29.0 Å². The summed E-state index contributed by atoms with van der Waals surface area (Å²) in [6.45, 7) is 8.77. The van der Waals surface area contributed by atoms with Gasteiger partial charge in [-0.25, -0.2) is 0 Å². The average molecular weight is 206 g/mol. The fourth-order valence-electron chi connectivity index (χ4n) is 1.79. The molecule has 0 radical (unpaired) electrons. The number of anilines is 2. The molecule has 0 aliphatic heterocycles. The summed E-state index contributed by atoms with van der Waals surface area (Å²) in [5.41, 5.74) is 10.6. The van der Waals surface area contributed by atoms with Crippen molar-refractivity contribution in [1.82, 2.24) is 0 Å². The van der Waals surface area contributed by atoms with E-state index in [1.165, 1.54) is 11.1 Å². The van der Waals surface area contributed by atoms with Gasteiger partial charge in [-0.3, -0.25) is 0 Å². The number of hydrogen-bond donors (Lipinski definition) is 2. The van der Waals surface area contributed by atoms with Crippen LogP contribution in [0.1, 0.15) is 50.7 Å². The second-order valence-corrected chi connectivity index (χ2v) is 4.63. The third-order valence-corrected chi connectivity index (χ3v) is 2.76. The van der Waals surface area contributed by atoms with Crippen LogP contribution in [0.5, 0.6) is 0 Å². The Morgan fingerprint density at radius 3 is 2.07 bits per heavy atom. The quantitative estimate of drug-likeness (QED) is 0.742. The van der Waals surface area contributed by atoms with Crippen LogP contribution < -0.4 is 11.1 Å². The molecule has 0 aliphatic rings. The molecule has 0 heterocycles. The van der Waals surface area contributed by atoms with Gasteiger partial charge >= 0.3 is 0 Å². The van der Waals surface area contributed by atoms with E-state index in [0.717, 1.165) is 11.4 Å². The van der Waals surface area contributed by atoms with Crippen molar-refractivity contribution in [2.24, 2.45) is 0 Å². The Bertz CT molecular complexity index is 341. The summed E-state index contributed by atoms with van der Waals surface area (Å²) in [4.78, 5) is 0. The first-order valence-electron chi connectivity index (χ1n) is 5.58. The molecule has 0 amide bonds. The first-order valence-corrected chi connectivity index (χ1v) is 5.58. The highest BCUT2D eigenvalue weighted by atomic mass is 14.9. The van der Waals surface area contributed by atoms with Crippen LogP contribution in [0.3, 0.4) is 0 Å². The summed E-state index contributed by atoms with van der Waals surface area (Å²) in [5.74, 6) is 1.02. The summed E-state index contributed by atoms with van der Waals surface area (Å²) >= 11 is 0. The minimum atomic E-state index is 0.494. The molecule has 2 heteroatoms. The molecule has 1 aromatic carbocycles. The summed E-state index contributed by atoms with van der Waals surface area (Å²) in [7, 11) is 1.92. The largest absolute Gasteiger partial charge is 0.397 e. The van der Waals surface area contributed by atoms with Crippen molar-refractivity contribution >= 4 is 11.4 Å². The molecule has 0 aliphatic carbocycles. The van der Waals surface area contributed by atoms with Gasteiger partial charge in [0, 0.05) is 7.05 Å². The number of nitrogens with one attached hydrogen (secondary N) is 1. The zero-order valence-electron chi connectivity index (χ0n) is 10.4. The molecule has 0 unspecified atom stereocenters. The van der Waals surface area contributed by atoms with Gasteiger partial charge in [-0.2, -0.15) is 0 Å². The standard InChI is InChI=1S/C13H22N2/c1-8(2)10-6-11(9(3)4)13(15-5)12(14)7-10/h6-9,15H,14H2,1-5H3. The zero-order chi connectivity index (χ0) is 11.6. The molecule has 0 bridgehead atoms. The van der Waals surface area contributed by atoms with Crippen molar-refractivity contribution in [3.8, 4) is 0 Å². The smallest absolute Gasteiger partial charge is 0.0606 e. The molecule has 15 heavy (non-hydrogen) atoms. The Morgan fingerprint density at radius 2 is 1.67 bits per heavy atom. The first kappa shape index (κ1) is 11.9. The van der Waals surface area contributed by atoms with E-state index in [-0.39, 0.29) is 0 Å². The van der Waals surface area contributed by atoms with Crippen molar-refractivity contribution in [1.29, 1.82) is 0 Å². The highest BCUT2D eigenvalue weighted by molar-refractivity contribution is 5.72. The van der Waals surface area contributed by atoms with Crippen LogP contribution in [-0.2, 0) is 0 Å². The second kappa shape index (κ2) is 4.56. The summed E-state index contributed by atoms with van der Waals surface area (Å²) in [6, 6.07) is 4.33. The molecule has 0 fully saturated rings. The van der Waals surface area contributed by atoms with E-state index in [4.69, 9.17) is 5.73 Å². The third kappa shape index (κ3) is 2.44. The van der Waals surface area contributed by atoms with Crippen LogP contribution in [0, 0.1) is 0 Å². The van der Waals surface area contributed by atoms with E-state index >= 15 is 0 Å². The highest BCUT2D eigenvalue weighted by Gasteiger charge is 2.12. The second-order valence-electron chi connectivity index (χ2n) is 4.63. The van der Waals surface area contributed by atoms with Gasteiger partial charge < -0.3 is 11.1 Å². The van der Waals surface area contributed by atoms with Crippen molar-refractivity contribution in [3.63, 3.8) is 0 Å². The van der Waals surface area contributed by atoms with Crippen molar-refractivity contribution in [3.05, 3.63) is 23.3 Å². The van der Waals surface area contributed by atoms with E-state index in [9.17, 15) is 0 Å². The maximum absolute atomic E-state index is 6.05. The van der Waals surface area contributed by atoms with Crippen molar-refractivity contribution in [2.45, 2.75) is 39.5 Å². The number of nitrogen functional groups attached to an aromatic ring is 1. The SMILES string of the molecule is CNc1c(N)cc(C(C)C)cc1C(C)C. The van der Waals surface area contributed by atoms with Crippen LogP contribution in [0.15, 0.2) is 12.1 Å². The predicted molar refractivity (Wildman–Crippen MR) is 68.6 cm³/mol. The lowest BCUT2D eigenvalue weighted by molar-refractivity contribution is 0.836. The fourth-order valence-corrected chi connectivity index (χ4v) is 1.79. The molecule has 0 aromatic heterocycles. The first-order chi connectivity index (χ1) is 6.97. The van der Waals surface area contributed by atoms with Gasteiger partial charge in [-0.1, -0.05) is 33.8 Å². The molecule has 3 N–H and O–H groups in total. The number of benzene rings is 1. The molecule has 2 nitrogen and oxygen atoms in total. The summed E-state index contributed by atoms with van der Waals surface area (Å²) in [5, 5.41) is 3.19. The van der Waals surface area contributed by atoms with Crippen molar-refractivity contribution in [2.75, 3.05) is 18.1 Å². The monoisotopic (exact) mass is 206 g/mol. The van der Waals surface area contributed by atoms with E-state index in [0.29, 0.717) is 11.8 Å². The topological polar surface area (TPSA) is 38.0 Å². The Morgan fingerprint density at radius 1 is 1.07 bits per heavy atom. The lowest BCUT2D eigenvalue weighted by Crippen LogP contribution is -2.04. The molecule has 0 saturated heterocycles. The van der Waals surface area contributed by atoms with Gasteiger partial charge in [0.1, 0.15) is 0 Å². The normalized spacial score (nSPS) is 11.1. The summed E-state index contributed by atoms with van der Waals surface area (Å²) < 4.78 is 0. The Labute approximate surface area is 92.9 Å². The molecular formula is C13H22N2. The van der Waals surface area contributed by atoms with Gasteiger partial charge in [0.2, 0.25) is 0 Å². The van der Waals surface area contributed by atoms with Crippen molar-refractivity contribution < 1.29 is 0 Å². The number of rotatable bonds is 3. The van der Waals surface area contributed by atoms with E-state index in [2.05, 4.69) is 45.1 Å². The predicted octanol–water partition coefficient (Wildman–Crippen LogP) is 3.56. The summed E-state index contributed by atoms with van der Waals surface area (Å²) in [6.07, 6.45) is 0. The lowest BCUT2D eigenvalue weighted by Gasteiger charge is -2.18. The molecule has 1 aromatic rings. The minimum absolute atomic E-state index is 0.494. The van der Waals surface area contributed by atoms with Crippen LogP contribution in [0.4, 0.5) is 11.4 Å². The average Bonchev–Trinajstić information content (AvgIpc) is 2.16. The number of hydrogen-bond acceptors (Lipinski definition) is 2. The minimum Gasteiger partial charge on any atom is -0.397 e. The molecule has 0 saturated carbocycles. The Kier molecular flexibility index (Phi) is 3.61. The van der Waals surface area contributed by atoms with E-state index < -0.39 is 0 Å². The maximum atomic E-state index is 6.05. The maximum Gasteiger partial charge on any atom is 0.0606 e. The Hall–Kier alpha value is -1.18. The molecular weight excluding hydrogens is 184 g/mol. The van der Waals surface area contributed by atoms with Gasteiger partial charge in [0.25, 0.3) is 0 Å². The lowest BCUT2D eigenvalue weighted by atomic mass is 9.93. The van der Waals surface area contributed by atoms with Crippen LogP contribution in [0.25, 0.3) is 0 Å². The fraction of sp³-hybridized carbons (Fsp3) is 0.538. The van der Waals surface area contributed by atoms with Crippen LogP contribution in [0.2, 0.25) is 0 Å². The molecule has 0 spiro atoms. The molecule has 1 rings (SSSR count). The third-order valence-electron chi connectivity index (χ3n) is 2.76. The van der Waals surface area contributed by atoms with Gasteiger partial charge in [0.05, 0.1) is 11.4 Å². The zero-order valence-corrected chi connectivity index (χ0v) is 10.4. The van der Waals surface area contributed by atoms with Crippen LogP contribution in [-0.4, -0.2) is 7.05 Å². The number of nitrogens with two attached hydrogens (primary N) is 1. The Balaban J connectivity index is 3.32. The van der Waals surface area contributed by atoms with E-state index in [1.807, 2.05) is 7.05 Å². The van der Waals surface area contributed by atoms with Crippen LogP contribution >= 0.6 is 0 Å².